The van der Waals surface area contributed by atoms with Gasteiger partial charge in [-0.3, -0.25) is 4.79 Å². The molecule has 1 unspecified atom stereocenters. The van der Waals surface area contributed by atoms with Crippen LogP contribution in [0.25, 0.3) is 5.78 Å². The van der Waals surface area contributed by atoms with Crippen LogP contribution >= 0.6 is 0 Å². The summed E-state index contributed by atoms with van der Waals surface area (Å²) in [5.41, 5.74) is 2.98. The van der Waals surface area contributed by atoms with Crippen LogP contribution in [0.4, 0.5) is 0 Å². The highest BCUT2D eigenvalue weighted by Gasteiger charge is 2.22. The van der Waals surface area contributed by atoms with Crippen molar-refractivity contribution in [2.45, 2.75) is 59.0 Å². The van der Waals surface area contributed by atoms with Gasteiger partial charge in [0.15, 0.2) is 6.10 Å². The first-order chi connectivity index (χ1) is 12.9. The number of allylic oxidation sites excluding steroid dienone is 1. The number of ether oxygens (including phenoxy) is 1. The van der Waals surface area contributed by atoms with E-state index >= 15 is 0 Å². The van der Waals surface area contributed by atoms with Gasteiger partial charge in [0.05, 0.1) is 0 Å². The molecule has 8 nitrogen and oxygen atoms in total. The third kappa shape index (κ3) is 4.69. The van der Waals surface area contributed by atoms with Crippen molar-refractivity contribution in [3.63, 3.8) is 0 Å². The number of nitrogens with zero attached hydrogens (tertiary/aromatic N) is 4. The van der Waals surface area contributed by atoms with Crippen LogP contribution in [0.15, 0.2) is 17.7 Å². The summed E-state index contributed by atoms with van der Waals surface area (Å²) in [5.74, 6) is -0.843. The molecule has 1 aliphatic rings. The Morgan fingerprint density at radius 3 is 2.85 bits per heavy atom. The lowest BCUT2D eigenvalue weighted by atomic mass is 9.97. The fourth-order valence-corrected chi connectivity index (χ4v) is 3.14. The molecule has 0 saturated heterocycles. The van der Waals surface area contributed by atoms with Gasteiger partial charge in [-0.15, -0.1) is 5.10 Å². The zero-order valence-electron chi connectivity index (χ0n) is 16.0. The van der Waals surface area contributed by atoms with E-state index in [1.807, 2.05) is 19.9 Å². The first-order valence-electron chi connectivity index (χ1n) is 9.31. The van der Waals surface area contributed by atoms with E-state index in [1.165, 1.54) is 29.9 Å². The monoisotopic (exact) mass is 371 g/mol. The summed E-state index contributed by atoms with van der Waals surface area (Å²) < 4.78 is 6.69. The van der Waals surface area contributed by atoms with Crippen molar-refractivity contribution in [1.29, 1.82) is 0 Å². The Morgan fingerprint density at radius 2 is 2.11 bits per heavy atom. The van der Waals surface area contributed by atoms with Crippen molar-refractivity contribution < 1.29 is 14.3 Å². The maximum atomic E-state index is 12.3. The lowest BCUT2D eigenvalue weighted by Gasteiger charge is -2.15. The maximum absolute atomic E-state index is 12.3. The molecule has 1 amide bonds. The molecule has 2 heterocycles. The molecule has 1 N–H and O–H groups in total. The van der Waals surface area contributed by atoms with Gasteiger partial charge >= 0.3 is 5.97 Å². The normalized spacial score (nSPS) is 15.3. The SMILES string of the molecule is Cc1cc(C)n2nc(C(=O)OC(C)C(=O)NCCC3=CCCCC3)nc2n1. The van der Waals surface area contributed by atoms with Gasteiger partial charge in [0.25, 0.3) is 17.5 Å². The van der Waals surface area contributed by atoms with Crippen molar-refractivity contribution in [2.75, 3.05) is 6.54 Å². The molecular weight excluding hydrogens is 346 g/mol. The van der Waals surface area contributed by atoms with E-state index in [2.05, 4.69) is 26.5 Å². The number of aryl methyl sites for hydroxylation is 2. The largest absolute Gasteiger partial charge is 0.447 e. The molecule has 0 fully saturated rings. The number of nitrogens with one attached hydrogen (secondary N) is 1. The molecule has 2 aromatic heterocycles. The maximum Gasteiger partial charge on any atom is 0.379 e. The molecule has 3 rings (SSSR count). The summed E-state index contributed by atoms with van der Waals surface area (Å²) >= 11 is 0. The van der Waals surface area contributed by atoms with Crippen LogP contribution in [0.3, 0.4) is 0 Å². The van der Waals surface area contributed by atoms with Crippen molar-refractivity contribution in [3.8, 4) is 0 Å². The highest BCUT2D eigenvalue weighted by atomic mass is 16.5. The van der Waals surface area contributed by atoms with Gasteiger partial charge in [-0.25, -0.2) is 14.3 Å². The minimum atomic E-state index is -0.916. The molecule has 1 atom stereocenters. The number of esters is 1. The van der Waals surface area contributed by atoms with Crippen LogP contribution in [-0.4, -0.2) is 44.1 Å². The quantitative estimate of drug-likeness (QED) is 0.618. The second-order valence-corrected chi connectivity index (χ2v) is 6.88. The second-order valence-electron chi connectivity index (χ2n) is 6.88. The van der Waals surface area contributed by atoms with Crippen LogP contribution in [0.5, 0.6) is 0 Å². The van der Waals surface area contributed by atoms with Crippen LogP contribution in [-0.2, 0) is 9.53 Å². The minimum absolute atomic E-state index is 0.108. The lowest BCUT2D eigenvalue weighted by molar-refractivity contribution is -0.129. The molecular formula is C19H25N5O3. The molecule has 144 valence electrons. The molecule has 8 heteroatoms. The zero-order valence-corrected chi connectivity index (χ0v) is 16.0. The number of hydrogen-bond acceptors (Lipinski definition) is 6. The van der Waals surface area contributed by atoms with Gasteiger partial charge in [0.1, 0.15) is 0 Å². The Bertz CT molecular complexity index is 887. The summed E-state index contributed by atoms with van der Waals surface area (Å²) in [6.07, 6.45) is 6.86. The predicted molar refractivity (Wildman–Crippen MR) is 99.3 cm³/mol. The number of fused-ring (bicyclic) bond motifs is 1. The van der Waals surface area contributed by atoms with E-state index < -0.39 is 12.1 Å². The summed E-state index contributed by atoms with van der Waals surface area (Å²) in [6.45, 7) is 5.77. The van der Waals surface area contributed by atoms with E-state index in [1.54, 1.807) is 0 Å². The molecule has 0 aliphatic heterocycles. The van der Waals surface area contributed by atoms with Crippen molar-refractivity contribution in [3.05, 3.63) is 34.9 Å². The molecule has 27 heavy (non-hydrogen) atoms. The van der Waals surface area contributed by atoms with E-state index in [-0.39, 0.29) is 11.7 Å². The number of amides is 1. The summed E-state index contributed by atoms with van der Waals surface area (Å²) in [7, 11) is 0. The van der Waals surface area contributed by atoms with Gasteiger partial charge < -0.3 is 10.1 Å². The van der Waals surface area contributed by atoms with Crippen LogP contribution in [0, 0.1) is 13.8 Å². The van der Waals surface area contributed by atoms with E-state index in [4.69, 9.17) is 4.74 Å². The number of rotatable bonds is 6. The van der Waals surface area contributed by atoms with Gasteiger partial charge in [-0.2, -0.15) is 4.98 Å². The van der Waals surface area contributed by atoms with E-state index in [9.17, 15) is 9.59 Å². The first kappa shape index (κ1) is 19.0. The minimum Gasteiger partial charge on any atom is -0.447 e. The summed E-state index contributed by atoms with van der Waals surface area (Å²) in [4.78, 5) is 32.8. The van der Waals surface area contributed by atoms with Crippen molar-refractivity contribution in [2.24, 2.45) is 0 Å². The third-order valence-corrected chi connectivity index (χ3v) is 4.58. The number of carbonyl (C=O) groups excluding carboxylic acids is 2. The first-order valence-corrected chi connectivity index (χ1v) is 9.31. The Morgan fingerprint density at radius 1 is 1.30 bits per heavy atom. The van der Waals surface area contributed by atoms with Gasteiger partial charge in [0.2, 0.25) is 0 Å². The van der Waals surface area contributed by atoms with Crippen LogP contribution in [0.1, 0.15) is 61.0 Å². The smallest absolute Gasteiger partial charge is 0.379 e. The number of carbonyl (C=O) groups is 2. The topological polar surface area (TPSA) is 98.5 Å². The molecule has 0 spiro atoms. The van der Waals surface area contributed by atoms with Crippen molar-refractivity contribution in [1.82, 2.24) is 24.9 Å². The highest BCUT2D eigenvalue weighted by molar-refractivity contribution is 5.89. The fraction of sp³-hybridized carbons (Fsp3) is 0.526. The average molecular weight is 371 g/mol. The Kier molecular flexibility index (Phi) is 5.83. The highest BCUT2D eigenvalue weighted by Crippen LogP contribution is 2.19. The van der Waals surface area contributed by atoms with Gasteiger partial charge in [-0.05, 0) is 58.9 Å². The molecule has 2 aromatic rings. The Labute approximate surface area is 158 Å². The van der Waals surface area contributed by atoms with Gasteiger partial charge in [0, 0.05) is 17.9 Å². The van der Waals surface area contributed by atoms with E-state index in [0.717, 1.165) is 30.7 Å². The summed E-state index contributed by atoms with van der Waals surface area (Å²) in [5, 5.41) is 6.93. The Balaban J connectivity index is 1.54. The third-order valence-electron chi connectivity index (χ3n) is 4.58. The number of aromatic nitrogens is 4. The number of hydrogen-bond donors (Lipinski definition) is 1. The molecule has 0 radical (unpaired) electrons. The van der Waals surface area contributed by atoms with E-state index in [0.29, 0.717) is 12.3 Å². The average Bonchev–Trinajstić information content (AvgIpc) is 3.07. The van der Waals surface area contributed by atoms with Gasteiger partial charge in [-0.1, -0.05) is 11.6 Å². The fourth-order valence-electron chi connectivity index (χ4n) is 3.14. The molecule has 1 aliphatic carbocycles. The Hall–Kier alpha value is -2.77. The lowest BCUT2D eigenvalue weighted by Crippen LogP contribution is -2.36. The zero-order chi connectivity index (χ0) is 19.4. The standard InChI is InChI=1S/C19H25N5O3/c1-12-11-13(2)24-19(21-12)22-16(23-24)18(26)27-14(3)17(25)20-10-9-15-7-5-4-6-8-15/h7,11,14H,4-6,8-10H2,1-3H3,(H,20,25). The molecule has 0 aromatic carbocycles. The van der Waals surface area contributed by atoms with Crippen LogP contribution in [0.2, 0.25) is 0 Å². The molecule has 0 bridgehead atoms. The van der Waals surface area contributed by atoms with Crippen molar-refractivity contribution >= 4 is 17.7 Å². The van der Waals surface area contributed by atoms with Crippen LogP contribution < -0.4 is 5.32 Å². The second kappa shape index (κ2) is 8.28. The summed E-state index contributed by atoms with van der Waals surface area (Å²) in [6, 6.07) is 1.84. The predicted octanol–water partition coefficient (Wildman–Crippen LogP) is 2.29. The molecule has 0 saturated carbocycles.